The summed E-state index contributed by atoms with van der Waals surface area (Å²) in [5.41, 5.74) is 0. The zero-order valence-electron chi connectivity index (χ0n) is 8.38. The first kappa shape index (κ1) is 9.89. The molecule has 2 rings (SSSR count). The van der Waals surface area contributed by atoms with E-state index in [1.54, 1.807) is 0 Å². The number of nitrogens with one attached hydrogen (secondary N) is 3. The standard InChI is InChI=1S/C9H18N4O/c14-9(12-8-5-11-6-8)7-13-3-1-10-2-4-13/h8,10-11H,1-7H2,(H,12,14). The van der Waals surface area contributed by atoms with E-state index in [0.717, 1.165) is 39.3 Å². The Labute approximate surface area is 84.2 Å². The molecule has 0 aromatic heterocycles. The Kier molecular flexibility index (Phi) is 3.34. The first-order valence-corrected chi connectivity index (χ1v) is 5.28. The maximum Gasteiger partial charge on any atom is 0.234 e. The maximum absolute atomic E-state index is 11.5. The number of amides is 1. The van der Waals surface area contributed by atoms with Gasteiger partial charge in [-0.05, 0) is 0 Å². The molecule has 0 aliphatic carbocycles. The lowest BCUT2D eigenvalue weighted by molar-refractivity contribution is -0.123. The first-order valence-electron chi connectivity index (χ1n) is 5.28. The SMILES string of the molecule is O=C(CN1CCNCC1)NC1CNC1. The highest BCUT2D eigenvalue weighted by atomic mass is 16.2. The van der Waals surface area contributed by atoms with Crippen LogP contribution in [0.4, 0.5) is 0 Å². The Morgan fingerprint density at radius 2 is 2.00 bits per heavy atom. The summed E-state index contributed by atoms with van der Waals surface area (Å²) >= 11 is 0. The van der Waals surface area contributed by atoms with E-state index in [-0.39, 0.29) is 5.91 Å². The highest BCUT2D eigenvalue weighted by molar-refractivity contribution is 5.78. The van der Waals surface area contributed by atoms with E-state index in [2.05, 4.69) is 20.9 Å². The van der Waals surface area contributed by atoms with Crippen LogP contribution in [0.25, 0.3) is 0 Å². The van der Waals surface area contributed by atoms with Crippen LogP contribution in [0, 0.1) is 0 Å². The minimum Gasteiger partial charge on any atom is -0.350 e. The molecular formula is C9H18N4O. The molecule has 5 nitrogen and oxygen atoms in total. The van der Waals surface area contributed by atoms with E-state index in [0.29, 0.717) is 12.6 Å². The summed E-state index contributed by atoms with van der Waals surface area (Å²) in [5.74, 6) is 0.165. The molecule has 0 aromatic carbocycles. The fraction of sp³-hybridized carbons (Fsp3) is 0.889. The van der Waals surface area contributed by atoms with Crippen LogP contribution >= 0.6 is 0 Å². The summed E-state index contributed by atoms with van der Waals surface area (Å²) in [6, 6.07) is 0.366. The summed E-state index contributed by atoms with van der Waals surface area (Å²) in [6.45, 7) is 6.36. The van der Waals surface area contributed by atoms with Gasteiger partial charge in [-0.1, -0.05) is 0 Å². The van der Waals surface area contributed by atoms with Crippen molar-refractivity contribution >= 4 is 5.91 Å². The van der Waals surface area contributed by atoms with Crippen LogP contribution in [0.1, 0.15) is 0 Å². The van der Waals surface area contributed by atoms with Crippen LogP contribution in [-0.2, 0) is 4.79 Å². The second kappa shape index (κ2) is 4.72. The van der Waals surface area contributed by atoms with E-state index in [9.17, 15) is 4.79 Å². The largest absolute Gasteiger partial charge is 0.350 e. The van der Waals surface area contributed by atoms with E-state index >= 15 is 0 Å². The highest BCUT2D eigenvalue weighted by Crippen LogP contribution is 1.94. The third kappa shape index (κ3) is 2.67. The molecular weight excluding hydrogens is 180 g/mol. The number of piperazine rings is 1. The summed E-state index contributed by atoms with van der Waals surface area (Å²) < 4.78 is 0. The summed E-state index contributed by atoms with van der Waals surface area (Å²) in [5, 5.41) is 9.40. The van der Waals surface area contributed by atoms with Gasteiger partial charge in [-0.3, -0.25) is 9.69 Å². The smallest absolute Gasteiger partial charge is 0.234 e. The average molecular weight is 198 g/mol. The van der Waals surface area contributed by atoms with Crippen molar-refractivity contribution in [2.24, 2.45) is 0 Å². The lowest BCUT2D eigenvalue weighted by Crippen LogP contribution is -2.58. The molecule has 2 fully saturated rings. The summed E-state index contributed by atoms with van der Waals surface area (Å²) in [6.07, 6.45) is 0. The predicted molar refractivity (Wildman–Crippen MR) is 54.1 cm³/mol. The molecule has 2 aliphatic rings. The molecule has 1 amide bonds. The Morgan fingerprint density at radius 1 is 1.29 bits per heavy atom. The normalized spacial score (nSPS) is 24.3. The molecule has 0 saturated carbocycles. The number of nitrogens with zero attached hydrogens (tertiary/aromatic N) is 1. The van der Waals surface area contributed by atoms with Crippen molar-refractivity contribution in [2.45, 2.75) is 6.04 Å². The van der Waals surface area contributed by atoms with E-state index in [4.69, 9.17) is 0 Å². The van der Waals surface area contributed by atoms with Crippen LogP contribution in [0.15, 0.2) is 0 Å². The lowest BCUT2D eigenvalue weighted by atomic mass is 10.2. The molecule has 0 aromatic rings. The van der Waals surface area contributed by atoms with E-state index in [1.165, 1.54) is 0 Å². The van der Waals surface area contributed by atoms with Gasteiger partial charge in [-0.25, -0.2) is 0 Å². The van der Waals surface area contributed by atoms with Gasteiger partial charge in [0.2, 0.25) is 5.91 Å². The quantitative estimate of drug-likeness (QED) is 0.490. The van der Waals surface area contributed by atoms with Crippen LogP contribution in [0.2, 0.25) is 0 Å². The second-order valence-electron chi connectivity index (χ2n) is 3.95. The maximum atomic E-state index is 11.5. The molecule has 2 saturated heterocycles. The number of carbonyl (C=O) groups is 1. The van der Waals surface area contributed by atoms with E-state index in [1.807, 2.05) is 0 Å². The Morgan fingerprint density at radius 3 is 2.57 bits per heavy atom. The molecule has 80 valence electrons. The van der Waals surface area contributed by atoms with Crippen molar-refractivity contribution in [1.82, 2.24) is 20.9 Å². The zero-order chi connectivity index (χ0) is 9.80. The highest BCUT2D eigenvalue weighted by Gasteiger charge is 2.20. The van der Waals surface area contributed by atoms with E-state index < -0.39 is 0 Å². The zero-order valence-corrected chi connectivity index (χ0v) is 8.38. The topological polar surface area (TPSA) is 56.4 Å². The van der Waals surface area contributed by atoms with Gasteiger partial charge in [0.15, 0.2) is 0 Å². The number of carbonyl (C=O) groups excluding carboxylic acids is 1. The molecule has 0 atom stereocenters. The molecule has 14 heavy (non-hydrogen) atoms. The van der Waals surface area contributed by atoms with Crippen molar-refractivity contribution < 1.29 is 4.79 Å². The number of hydrogen-bond donors (Lipinski definition) is 3. The van der Waals surface area contributed by atoms with Gasteiger partial charge in [-0.2, -0.15) is 0 Å². The number of hydrogen-bond acceptors (Lipinski definition) is 4. The molecule has 3 N–H and O–H groups in total. The van der Waals surface area contributed by atoms with Crippen molar-refractivity contribution in [3.8, 4) is 0 Å². The van der Waals surface area contributed by atoms with Gasteiger partial charge in [0.1, 0.15) is 0 Å². The molecule has 0 unspecified atom stereocenters. The van der Waals surface area contributed by atoms with Crippen LogP contribution in [0.5, 0.6) is 0 Å². The Hall–Kier alpha value is -0.650. The van der Waals surface area contributed by atoms with Gasteiger partial charge in [0, 0.05) is 39.3 Å². The van der Waals surface area contributed by atoms with Crippen molar-refractivity contribution in [3.05, 3.63) is 0 Å². The molecule has 0 spiro atoms. The van der Waals surface area contributed by atoms with Gasteiger partial charge in [0.05, 0.1) is 12.6 Å². The summed E-state index contributed by atoms with van der Waals surface area (Å²) in [4.78, 5) is 13.7. The Balaban J connectivity index is 1.64. The molecule has 2 heterocycles. The van der Waals surface area contributed by atoms with Gasteiger partial charge in [0.25, 0.3) is 0 Å². The fourth-order valence-corrected chi connectivity index (χ4v) is 1.74. The van der Waals surface area contributed by atoms with Crippen molar-refractivity contribution in [3.63, 3.8) is 0 Å². The minimum absolute atomic E-state index is 0.165. The molecule has 2 aliphatic heterocycles. The molecule has 0 bridgehead atoms. The average Bonchev–Trinajstić information content (AvgIpc) is 2.13. The number of rotatable bonds is 3. The van der Waals surface area contributed by atoms with Crippen LogP contribution < -0.4 is 16.0 Å². The van der Waals surface area contributed by atoms with Crippen LogP contribution in [-0.4, -0.2) is 62.7 Å². The lowest BCUT2D eigenvalue weighted by Gasteiger charge is -2.30. The molecule has 5 heteroatoms. The van der Waals surface area contributed by atoms with Gasteiger partial charge >= 0.3 is 0 Å². The monoisotopic (exact) mass is 198 g/mol. The van der Waals surface area contributed by atoms with Crippen molar-refractivity contribution in [1.29, 1.82) is 0 Å². The summed E-state index contributed by atoms with van der Waals surface area (Å²) in [7, 11) is 0. The fourth-order valence-electron chi connectivity index (χ4n) is 1.74. The second-order valence-corrected chi connectivity index (χ2v) is 3.95. The minimum atomic E-state index is 0.165. The third-order valence-corrected chi connectivity index (χ3v) is 2.72. The predicted octanol–water partition coefficient (Wildman–Crippen LogP) is -2.02. The Bertz CT molecular complexity index is 199. The van der Waals surface area contributed by atoms with Crippen LogP contribution in [0.3, 0.4) is 0 Å². The van der Waals surface area contributed by atoms with Crippen molar-refractivity contribution in [2.75, 3.05) is 45.8 Å². The van der Waals surface area contributed by atoms with Gasteiger partial charge < -0.3 is 16.0 Å². The molecule has 0 radical (unpaired) electrons. The first-order chi connectivity index (χ1) is 6.84. The van der Waals surface area contributed by atoms with Gasteiger partial charge in [-0.15, -0.1) is 0 Å². The third-order valence-electron chi connectivity index (χ3n) is 2.72.